The van der Waals surface area contributed by atoms with Crippen LogP contribution >= 0.6 is 0 Å². The molecule has 0 fully saturated rings. The molecule has 1 unspecified atom stereocenters. The number of hydrogen-bond acceptors (Lipinski definition) is 4. The van der Waals surface area contributed by atoms with Crippen molar-refractivity contribution in [2.24, 2.45) is 7.05 Å². The van der Waals surface area contributed by atoms with E-state index in [2.05, 4.69) is 10.1 Å². The standard InChI is InChI=1S/C6H11N3O2/c1-9-4-7-6(8-9)5(10)3-11-2/h4-5,10H,3H2,1-2H3. The number of aliphatic hydroxyl groups is 1. The van der Waals surface area contributed by atoms with Crippen molar-refractivity contribution >= 4 is 0 Å². The summed E-state index contributed by atoms with van der Waals surface area (Å²) in [5.74, 6) is 0.398. The van der Waals surface area contributed by atoms with Crippen molar-refractivity contribution < 1.29 is 9.84 Å². The number of nitrogens with zero attached hydrogens (tertiary/aromatic N) is 3. The molecule has 0 saturated heterocycles. The zero-order chi connectivity index (χ0) is 8.27. The molecular formula is C6H11N3O2. The van der Waals surface area contributed by atoms with Gasteiger partial charge in [0.1, 0.15) is 12.4 Å². The van der Waals surface area contributed by atoms with Gasteiger partial charge in [0.05, 0.1) is 6.61 Å². The lowest BCUT2D eigenvalue weighted by atomic mass is 10.4. The first-order chi connectivity index (χ1) is 5.24. The second-order valence-electron chi connectivity index (χ2n) is 2.25. The Bertz CT molecular complexity index is 223. The van der Waals surface area contributed by atoms with Crippen molar-refractivity contribution in [3.8, 4) is 0 Å². The van der Waals surface area contributed by atoms with Gasteiger partial charge >= 0.3 is 0 Å². The molecule has 1 N–H and O–H groups in total. The van der Waals surface area contributed by atoms with Gasteiger partial charge in [0.25, 0.3) is 0 Å². The molecule has 0 amide bonds. The first-order valence-corrected chi connectivity index (χ1v) is 3.26. The molecule has 1 aromatic heterocycles. The zero-order valence-electron chi connectivity index (χ0n) is 6.56. The fourth-order valence-corrected chi connectivity index (χ4v) is 0.741. The van der Waals surface area contributed by atoms with Gasteiger partial charge in [-0.05, 0) is 0 Å². The van der Waals surface area contributed by atoms with Crippen LogP contribution in [0.1, 0.15) is 11.9 Å². The van der Waals surface area contributed by atoms with E-state index in [1.165, 1.54) is 18.1 Å². The van der Waals surface area contributed by atoms with E-state index in [0.717, 1.165) is 0 Å². The molecule has 62 valence electrons. The first kappa shape index (κ1) is 8.16. The molecule has 11 heavy (non-hydrogen) atoms. The number of aliphatic hydroxyl groups excluding tert-OH is 1. The van der Waals surface area contributed by atoms with Crippen LogP contribution in [0.4, 0.5) is 0 Å². The molecule has 1 heterocycles. The molecule has 0 radical (unpaired) electrons. The Morgan fingerprint density at radius 3 is 3.00 bits per heavy atom. The Morgan fingerprint density at radius 2 is 2.55 bits per heavy atom. The van der Waals surface area contributed by atoms with E-state index in [-0.39, 0.29) is 6.61 Å². The van der Waals surface area contributed by atoms with Crippen molar-refractivity contribution in [1.82, 2.24) is 14.8 Å². The summed E-state index contributed by atoms with van der Waals surface area (Å²) in [6, 6.07) is 0. The summed E-state index contributed by atoms with van der Waals surface area (Å²) in [4.78, 5) is 3.86. The summed E-state index contributed by atoms with van der Waals surface area (Å²) in [6.07, 6.45) is 0.815. The summed E-state index contributed by atoms with van der Waals surface area (Å²) in [5.41, 5.74) is 0. The van der Waals surface area contributed by atoms with Crippen molar-refractivity contribution in [2.75, 3.05) is 13.7 Å². The van der Waals surface area contributed by atoms with E-state index in [4.69, 9.17) is 4.74 Å². The molecule has 1 rings (SSSR count). The van der Waals surface area contributed by atoms with Crippen LogP contribution in [-0.4, -0.2) is 33.6 Å². The third-order valence-corrected chi connectivity index (χ3v) is 1.24. The maximum atomic E-state index is 9.27. The number of rotatable bonds is 3. The van der Waals surface area contributed by atoms with E-state index in [1.54, 1.807) is 7.05 Å². The first-order valence-electron chi connectivity index (χ1n) is 3.26. The molecule has 0 aliphatic carbocycles. The number of ether oxygens (including phenoxy) is 1. The van der Waals surface area contributed by atoms with Crippen LogP contribution in [0.5, 0.6) is 0 Å². The van der Waals surface area contributed by atoms with Crippen LogP contribution in [0.2, 0.25) is 0 Å². The fourth-order valence-electron chi connectivity index (χ4n) is 0.741. The monoisotopic (exact) mass is 157 g/mol. The Hall–Kier alpha value is -0.940. The second-order valence-corrected chi connectivity index (χ2v) is 2.25. The largest absolute Gasteiger partial charge is 0.383 e. The molecule has 0 spiro atoms. The minimum absolute atomic E-state index is 0.226. The van der Waals surface area contributed by atoms with E-state index in [1.807, 2.05) is 0 Å². The predicted octanol–water partition coefficient (Wildman–Crippen LogP) is -0.505. The molecular weight excluding hydrogens is 146 g/mol. The molecule has 0 aliphatic rings. The highest BCUT2D eigenvalue weighted by Crippen LogP contribution is 2.04. The third kappa shape index (κ3) is 1.99. The smallest absolute Gasteiger partial charge is 0.181 e. The van der Waals surface area contributed by atoms with Crippen molar-refractivity contribution in [3.05, 3.63) is 12.2 Å². The number of aryl methyl sites for hydroxylation is 1. The van der Waals surface area contributed by atoms with Gasteiger partial charge in [-0.3, -0.25) is 4.68 Å². The average molecular weight is 157 g/mol. The second kappa shape index (κ2) is 3.45. The van der Waals surface area contributed by atoms with Crippen LogP contribution in [0, 0.1) is 0 Å². The van der Waals surface area contributed by atoms with Crippen LogP contribution in [0.15, 0.2) is 6.33 Å². The third-order valence-electron chi connectivity index (χ3n) is 1.24. The summed E-state index contributed by atoms with van der Waals surface area (Å²) in [7, 11) is 3.27. The summed E-state index contributed by atoms with van der Waals surface area (Å²) >= 11 is 0. The van der Waals surface area contributed by atoms with Gasteiger partial charge in [-0.1, -0.05) is 0 Å². The van der Waals surface area contributed by atoms with Gasteiger partial charge in [0.15, 0.2) is 5.82 Å². The minimum Gasteiger partial charge on any atom is -0.383 e. The normalized spacial score (nSPS) is 13.4. The lowest BCUT2D eigenvalue weighted by Crippen LogP contribution is -2.07. The van der Waals surface area contributed by atoms with Crippen molar-refractivity contribution in [2.45, 2.75) is 6.10 Å². The lowest BCUT2D eigenvalue weighted by molar-refractivity contribution is 0.0587. The summed E-state index contributed by atoms with van der Waals surface area (Å²) in [6.45, 7) is 0.226. The number of aromatic nitrogens is 3. The Kier molecular flexibility index (Phi) is 2.56. The molecule has 0 aliphatic heterocycles. The van der Waals surface area contributed by atoms with Crippen LogP contribution < -0.4 is 0 Å². The highest BCUT2D eigenvalue weighted by atomic mass is 16.5. The zero-order valence-corrected chi connectivity index (χ0v) is 6.56. The molecule has 1 atom stereocenters. The predicted molar refractivity (Wildman–Crippen MR) is 37.8 cm³/mol. The van der Waals surface area contributed by atoms with Crippen molar-refractivity contribution in [3.63, 3.8) is 0 Å². The van der Waals surface area contributed by atoms with Gasteiger partial charge < -0.3 is 9.84 Å². The molecule has 0 saturated carbocycles. The summed E-state index contributed by atoms with van der Waals surface area (Å²) in [5, 5.41) is 13.2. The maximum Gasteiger partial charge on any atom is 0.181 e. The Labute approximate surface area is 64.6 Å². The topological polar surface area (TPSA) is 60.2 Å². The van der Waals surface area contributed by atoms with E-state index in [9.17, 15) is 5.11 Å². The van der Waals surface area contributed by atoms with Crippen molar-refractivity contribution in [1.29, 1.82) is 0 Å². The molecule has 0 aromatic carbocycles. The highest BCUT2D eigenvalue weighted by Gasteiger charge is 2.10. The van der Waals surface area contributed by atoms with E-state index in [0.29, 0.717) is 5.82 Å². The average Bonchev–Trinajstić information content (AvgIpc) is 2.36. The van der Waals surface area contributed by atoms with Crippen LogP contribution in [-0.2, 0) is 11.8 Å². The Balaban J connectivity index is 2.60. The fraction of sp³-hybridized carbons (Fsp3) is 0.667. The van der Waals surface area contributed by atoms with Gasteiger partial charge in [-0.15, -0.1) is 0 Å². The maximum absolute atomic E-state index is 9.27. The highest BCUT2D eigenvalue weighted by molar-refractivity contribution is 4.86. The molecule has 1 aromatic rings. The summed E-state index contributed by atoms with van der Waals surface area (Å²) < 4.78 is 6.26. The van der Waals surface area contributed by atoms with Crippen LogP contribution in [0.25, 0.3) is 0 Å². The van der Waals surface area contributed by atoms with Gasteiger partial charge in [-0.2, -0.15) is 5.10 Å². The quantitative estimate of drug-likeness (QED) is 0.642. The van der Waals surface area contributed by atoms with Gasteiger partial charge in [0.2, 0.25) is 0 Å². The van der Waals surface area contributed by atoms with Crippen LogP contribution in [0.3, 0.4) is 0 Å². The molecule has 0 bridgehead atoms. The molecule has 5 nitrogen and oxygen atoms in total. The lowest BCUT2D eigenvalue weighted by Gasteiger charge is -2.02. The van der Waals surface area contributed by atoms with E-state index >= 15 is 0 Å². The molecule has 5 heteroatoms. The SMILES string of the molecule is COCC(O)c1ncn(C)n1. The van der Waals surface area contributed by atoms with E-state index < -0.39 is 6.10 Å². The minimum atomic E-state index is -0.721. The number of methoxy groups -OCH3 is 1. The van der Waals surface area contributed by atoms with Gasteiger partial charge in [-0.25, -0.2) is 4.98 Å². The number of hydrogen-bond donors (Lipinski definition) is 1. The Morgan fingerprint density at radius 1 is 1.82 bits per heavy atom. The van der Waals surface area contributed by atoms with Gasteiger partial charge in [0, 0.05) is 14.2 Å².